The molecule has 4 nitrogen and oxygen atoms in total. The van der Waals surface area contributed by atoms with Crippen molar-refractivity contribution in [2.75, 3.05) is 5.32 Å². The molecule has 2 aromatic carbocycles. The van der Waals surface area contributed by atoms with E-state index in [1.165, 1.54) is 5.56 Å². The fraction of sp³-hybridized carbons (Fsp3) is 0.176. The number of amides is 1. The zero-order valence-corrected chi connectivity index (χ0v) is 13.0. The van der Waals surface area contributed by atoms with Gasteiger partial charge in [-0.1, -0.05) is 29.8 Å². The zero-order chi connectivity index (χ0) is 15.5. The van der Waals surface area contributed by atoms with Crippen molar-refractivity contribution < 1.29 is 4.79 Å². The fourth-order valence-electron chi connectivity index (χ4n) is 2.42. The first-order valence-electron chi connectivity index (χ1n) is 7.10. The van der Waals surface area contributed by atoms with Crippen molar-refractivity contribution in [3.05, 3.63) is 59.2 Å². The highest BCUT2D eigenvalue weighted by Gasteiger charge is 2.07. The maximum Gasteiger partial charge on any atom is 0.226 e. The second kappa shape index (κ2) is 6.20. The van der Waals surface area contributed by atoms with E-state index in [-0.39, 0.29) is 5.91 Å². The lowest BCUT2D eigenvalue weighted by molar-refractivity contribution is -0.116. The van der Waals surface area contributed by atoms with E-state index < -0.39 is 0 Å². The van der Waals surface area contributed by atoms with E-state index in [0.29, 0.717) is 23.7 Å². The maximum atomic E-state index is 12.0. The van der Waals surface area contributed by atoms with E-state index in [1.807, 2.05) is 35.1 Å². The van der Waals surface area contributed by atoms with Crippen LogP contribution in [0.4, 0.5) is 5.69 Å². The summed E-state index contributed by atoms with van der Waals surface area (Å²) in [5, 5.41) is 8.93. The van der Waals surface area contributed by atoms with Crippen molar-refractivity contribution in [1.82, 2.24) is 9.78 Å². The molecule has 5 heteroatoms. The first-order chi connectivity index (χ1) is 10.6. The van der Waals surface area contributed by atoms with Crippen molar-refractivity contribution in [3.63, 3.8) is 0 Å². The topological polar surface area (TPSA) is 46.9 Å². The molecule has 22 heavy (non-hydrogen) atoms. The van der Waals surface area contributed by atoms with Crippen LogP contribution in [0.1, 0.15) is 12.0 Å². The summed E-state index contributed by atoms with van der Waals surface area (Å²) in [6, 6.07) is 13.2. The van der Waals surface area contributed by atoms with Crippen LogP contribution in [0.3, 0.4) is 0 Å². The Balaban J connectivity index is 1.66. The lowest BCUT2D eigenvalue weighted by Crippen LogP contribution is -2.14. The van der Waals surface area contributed by atoms with E-state index >= 15 is 0 Å². The molecule has 3 aromatic rings. The van der Waals surface area contributed by atoms with Gasteiger partial charge >= 0.3 is 0 Å². The Morgan fingerprint density at radius 2 is 2.09 bits per heavy atom. The number of hydrogen-bond acceptors (Lipinski definition) is 2. The van der Waals surface area contributed by atoms with Gasteiger partial charge in [-0.2, -0.15) is 5.10 Å². The number of fused-ring (bicyclic) bond motifs is 1. The molecule has 3 rings (SSSR count). The van der Waals surface area contributed by atoms with Crippen LogP contribution in [0, 0.1) is 6.92 Å². The molecule has 0 unspecified atom stereocenters. The number of halogens is 1. The first kappa shape index (κ1) is 14.6. The SMILES string of the molecule is Cc1cccc2c1cnn2CCC(=O)Nc1cccc(Cl)c1. The molecule has 0 atom stereocenters. The van der Waals surface area contributed by atoms with Crippen molar-refractivity contribution >= 4 is 34.1 Å². The van der Waals surface area contributed by atoms with Crippen LogP contribution in [0.2, 0.25) is 5.02 Å². The van der Waals surface area contributed by atoms with Crippen LogP contribution in [0.5, 0.6) is 0 Å². The van der Waals surface area contributed by atoms with Gasteiger partial charge < -0.3 is 5.32 Å². The Hall–Kier alpha value is -2.33. The Morgan fingerprint density at radius 3 is 2.91 bits per heavy atom. The zero-order valence-electron chi connectivity index (χ0n) is 12.2. The monoisotopic (exact) mass is 313 g/mol. The van der Waals surface area contributed by atoms with Gasteiger partial charge in [0.2, 0.25) is 5.91 Å². The van der Waals surface area contributed by atoms with Gasteiger partial charge in [-0.05, 0) is 36.8 Å². The van der Waals surface area contributed by atoms with E-state index in [2.05, 4.69) is 23.4 Å². The Labute approximate surface area is 133 Å². The molecule has 0 aliphatic heterocycles. The van der Waals surface area contributed by atoms with Crippen molar-refractivity contribution in [2.24, 2.45) is 0 Å². The molecule has 0 spiro atoms. The molecule has 1 aromatic heterocycles. The second-order valence-corrected chi connectivity index (χ2v) is 5.62. The third-order valence-electron chi connectivity index (χ3n) is 3.56. The predicted octanol–water partition coefficient (Wildman–Crippen LogP) is 4.03. The molecule has 0 saturated heterocycles. The van der Waals surface area contributed by atoms with Gasteiger partial charge in [0.1, 0.15) is 0 Å². The summed E-state index contributed by atoms with van der Waals surface area (Å²) in [5.74, 6) is -0.0569. The van der Waals surface area contributed by atoms with E-state index in [1.54, 1.807) is 12.1 Å². The fourth-order valence-corrected chi connectivity index (χ4v) is 2.61. The second-order valence-electron chi connectivity index (χ2n) is 5.18. The number of aryl methyl sites for hydroxylation is 2. The molecule has 0 bridgehead atoms. The Morgan fingerprint density at radius 1 is 1.27 bits per heavy atom. The summed E-state index contributed by atoms with van der Waals surface area (Å²) in [7, 11) is 0. The minimum Gasteiger partial charge on any atom is -0.326 e. The molecule has 0 aliphatic rings. The molecule has 112 valence electrons. The summed E-state index contributed by atoms with van der Waals surface area (Å²) in [5.41, 5.74) is 2.95. The van der Waals surface area contributed by atoms with E-state index in [9.17, 15) is 4.79 Å². The van der Waals surface area contributed by atoms with Crippen LogP contribution >= 0.6 is 11.6 Å². The smallest absolute Gasteiger partial charge is 0.226 e. The summed E-state index contributed by atoms with van der Waals surface area (Å²) >= 11 is 5.90. The number of aromatic nitrogens is 2. The highest BCUT2D eigenvalue weighted by Crippen LogP contribution is 2.18. The normalized spacial score (nSPS) is 10.8. The molecule has 0 aliphatic carbocycles. The molecule has 1 amide bonds. The number of nitrogens with zero attached hydrogens (tertiary/aromatic N) is 2. The average molecular weight is 314 g/mol. The van der Waals surface area contributed by atoms with Gasteiger partial charge in [0.05, 0.1) is 18.3 Å². The van der Waals surface area contributed by atoms with Crippen molar-refractivity contribution in [1.29, 1.82) is 0 Å². The Bertz CT molecular complexity index is 826. The number of carbonyl (C=O) groups is 1. The quantitative estimate of drug-likeness (QED) is 0.790. The molecule has 0 radical (unpaired) electrons. The molecule has 1 N–H and O–H groups in total. The third-order valence-corrected chi connectivity index (χ3v) is 3.80. The number of benzene rings is 2. The molecular formula is C17H16ClN3O. The average Bonchev–Trinajstić information content (AvgIpc) is 2.90. The lowest BCUT2D eigenvalue weighted by Gasteiger charge is -2.07. The number of nitrogens with one attached hydrogen (secondary N) is 1. The molecular weight excluding hydrogens is 298 g/mol. The van der Waals surface area contributed by atoms with E-state index in [4.69, 9.17) is 11.6 Å². The number of anilines is 1. The highest BCUT2D eigenvalue weighted by molar-refractivity contribution is 6.30. The first-order valence-corrected chi connectivity index (χ1v) is 7.48. The largest absolute Gasteiger partial charge is 0.326 e. The molecule has 1 heterocycles. The summed E-state index contributed by atoms with van der Waals surface area (Å²) in [6.07, 6.45) is 2.21. The van der Waals surface area contributed by atoms with Crippen molar-refractivity contribution in [2.45, 2.75) is 19.9 Å². The summed E-state index contributed by atoms with van der Waals surface area (Å²) < 4.78 is 1.86. The standard InChI is InChI=1S/C17H16ClN3O/c1-12-4-2-7-16-15(12)11-19-21(16)9-8-17(22)20-14-6-3-5-13(18)10-14/h2-7,10-11H,8-9H2,1H3,(H,20,22). The minimum atomic E-state index is -0.0569. The highest BCUT2D eigenvalue weighted by atomic mass is 35.5. The maximum absolute atomic E-state index is 12.0. The van der Waals surface area contributed by atoms with Crippen LogP contribution in [-0.4, -0.2) is 15.7 Å². The molecule has 0 saturated carbocycles. The van der Waals surface area contributed by atoms with Gasteiger partial charge in [-0.3, -0.25) is 9.48 Å². The van der Waals surface area contributed by atoms with Gasteiger partial charge in [0.25, 0.3) is 0 Å². The van der Waals surface area contributed by atoms with Gasteiger partial charge in [0.15, 0.2) is 0 Å². The molecule has 0 fully saturated rings. The number of hydrogen-bond donors (Lipinski definition) is 1. The van der Waals surface area contributed by atoms with Crippen LogP contribution < -0.4 is 5.32 Å². The summed E-state index contributed by atoms with van der Waals surface area (Å²) in [4.78, 5) is 12.0. The van der Waals surface area contributed by atoms with Gasteiger partial charge in [-0.25, -0.2) is 0 Å². The van der Waals surface area contributed by atoms with Crippen LogP contribution in [0.25, 0.3) is 10.9 Å². The predicted molar refractivity (Wildman–Crippen MR) is 89.2 cm³/mol. The number of carbonyl (C=O) groups excluding carboxylic acids is 1. The van der Waals surface area contributed by atoms with Crippen LogP contribution in [0.15, 0.2) is 48.7 Å². The Kier molecular flexibility index (Phi) is 4.11. The van der Waals surface area contributed by atoms with E-state index in [0.717, 1.165) is 10.9 Å². The minimum absolute atomic E-state index is 0.0569. The number of rotatable bonds is 4. The van der Waals surface area contributed by atoms with Gasteiger partial charge in [0, 0.05) is 22.5 Å². The third kappa shape index (κ3) is 3.12. The summed E-state index contributed by atoms with van der Waals surface area (Å²) in [6.45, 7) is 2.60. The lowest BCUT2D eigenvalue weighted by atomic mass is 10.1. The van der Waals surface area contributed by atoms with Crippen molar-refractivity contribution in [3.8, 4) is 0 Å². The van der Waals surface area contributed by atoms with Gasteiger partial charge in [-0.15, -0.1) is 0 Å². The van der Waals surface area contributed by atoms with Crippen LogP contribution in [-0.2, 0) is 11.3 Å².